The Morgan fingerprint density at radius 3 is 2.41 bits per heavy atom. The van der Waals surface area contributed by atoms with Crippen LogP contribution in [0.15, 0.2) is 54.7 Å². The van der Waals surface area contributed by atoms with Gasteiger partial charge in [0.05, 0.1) is 17.9 Å². The quantitative estimate of drug-likeness (QED) is 0.562. The summed E-state index contributed by atoms with van der Waals surface area (Å²) in [7, 11) is 0. The van der Waals surface area contributed by atoms with Crippen LogP contribution in [0.4, 0.5) is 0 Å². The van der Waals surface area contributed by atoms with E-state index in [0.29, 0.717) is 0 Å². The zero-order valence-corrected chi connectivity index (χ0v) is 19.2. The highest BCUT2D eigenvalue weighted by Crippen LogP contribution is 2.17. The van der Waals surface area contributed by atoms with Gasteiger partial charge in [0, 0.05) is 56.3 Å². The molecule has 166 valence electrons. The average molecular weight is 430 g/mol. The van der Waals surface area contributed by atoms with Crippen LogP contribution in [-0.2, 0) is 17.9 Å². The second-order valence-corrected chi connectivity index (χ2v) is 8.48. The van der Waals surface area contributed by atoms with Crippen LogP contribution in [0.2, 0.25) is 0 Å². The molecule has 1 aliphatic heterocycles. The monoisotopic (exact) mass is 429 g/mol. The van der Waals surface area contributed by atoms with Crippen molar-refractivity contribution in [3.05, 3.63) is 88.5 Å². The Labute approximate surface area is 190 Å². The molecule has 0 bridgehead atoms. The molecule has 2 aromatic heterocycles. The summed E-state index contributed by atoms with van der Waals surface area (Å²) in [4.78, 5) is 21.4. The second kappa shape index (κ2) is 9.92. The number of hydrogen-bond donors (Lipinski definition) is 0. The number of carbonyl (C=O) groups excluding carboxylic acids is 1. The Morgan fingerprint density at radius 1 is 0.969 bits per heavy atom. The maximum atomic E-state index is 12.8. The fraction of sp³-hybridized carbons (Fsp3) is 0.346. The summed E-state index contributed by atoms with van der Waals surface area (Å²) in [5.74, 6) is 0.0626. The van der Waals surface area contributed by atoms with Gasteiger partial charge in [-0.25, -0.2) is 0 Å². The molecule has 0 aliphatic carbocycles. The molecule has 3 heterocycles. The third kappa shape index (κ3) is 5.32. The van der Waals surface area contributed by atoms with Crippen molar-refractivity contribution >= 4 is 12.0 Å². The Bertz CT molecular complexity index is 1080. The standard InChI is InChI=1S/C26H31N5O/c1-20-7-9-23(10-8-20)18-31-22(3)25(21(2)28-31)11-12-26(32)30-16-14-29(15-17-30)19-24-6-4-5-13-27-24/h4-13H,14-19H2,1-3H3. The van der Waals surface area contributed by atoms with Crippen LogP contribution in [0.3, 0.4) is 0 Å². The summed E-state index contributed by atoms with van der Waals surface area (Å²) in [5, 5.41) is 4.70. The molecule has 4 rings (SSSR count). The third-order valence-corrected chi connectivity index (χ3v) is 6.08. The average Bonchev–Trinajstić information content (AvgIpc) is 3.07. The van der Waals surface area contributed by atoms with Crippen LogP contribution in [0.5, 0.6) is 0 Å². The lowest BCUT2D eigenvalue weighted by Crippen LogP contribution is -2.47. The first-order chi connectivity index (χ1) is 15.5. The molecule has 1 aromatic carbocycles. The number of pyridine rings is 1. The molecule has 3 aromatic rings. The van der Waals surface area contributed by atoms with Crippen LogP contribution < -0.4 is 0 Å². The minimum Gasteiger partial charge on any atom is -0.337 e. The van der Waals surface area contributed by atoms with Crippen molar-refractivity contribution in [2.45, 2.75) is 33.9 Å². The Hall–Kier alpha value is -3.25. The number of hydrogen-bond acceptors (Lipinski definition) is 4. The molecule has 0 spiro atoms. The van der Waals surface area contributed by atoms with Gasteiger partial charge >= 0.3 is 0 Å². The van der Waals surface area contributed by atoms with Crippen molar-refractivity contribution in [1.29, 1.82) is 0 Å². The lowest BCUT2D eigenvalue weighted by molar-refractivity contribution is -0.127. The van der Waals surface area contributed by atoms with Gasteiger partial charge in [-0.3, -0.25) is 19.4 Å². The number of carbonyl (C=O) groups is 1. The van der Waals surface area contributed by atoms with E-state index in [1.807, 2.05) is 47.0 Å². The molecule has 1 fully saturated rings. The number of amides is 1. The highest BCUT2D eigenvalue weighted by molar-refractivity contribution is 5.92. The summed E-state index contributed by atoms with van der Waals surface area (Å²) < 4.78 is 2.01. The van der Waals surface area contributed by atoms with E-state index in [0.717, 1.165) is 61.9 Å². The Morgan fingerprint density at radius 2 is 1.72 bits per heavy atom. The van der Waals surface area contributed by atoms with Crippen molar-refractivity contribution in [3.8, 4) is 0 Å². The van der Waals surface area contributed by atoms with Gasteiger partial charge in [-0.2, -0.15) is 5.10 Å². The fourth-order valence-electron chi connectivity index (χ4n) is 4.08. The molecule has 1 aliphatic rings. The van der Waals surface area contributed by atoms with Crippen LogP contribution in [0.1, 0.15) is 33.8 Å². The van der Waals surface area contributed by atoms with Crippen molar-refractivity contribution in [2.24, 2.45) is 0 Å². The summed E-state index contributed by atoms with van der Waals surface area (Å²) in [5.41, 5.74) is 6.59. The minimum absolute atomic E-state index is 0.0626. The second-order valence-electron chi connectivity index (χ2n) is 8.48. The normalized spacial score (nSPS) is 14.9. The minimum atomic E-state index is 0.0626. The highest BCUT2D eigenvalue weighted by Gasteiger charge is 2.20. The van der Waals surface area contributed by atoms with Gasteiger partial charge in [-0.05, 0) is 44.5 Å². The van der Waals surface area contributed by atoms with E-state index in [9.17, 15) is 4.79 Å². The third-order valence-electron chi connectivity index (χ3n) is 6.08. The summed E-state index contributed by atoms with van der Waals surface area (Å²) >= 11 is 0. The van der Waals surface area contributed by atoms with E-state index in [2.05, 4.69) is 48.0 Å². The van der Waals surface area contributed by atoms with Crippen LogP contribution in [0, 0.1) is 20.8 Å². The van der Waals surface area contributed by atoms with Gasteiger partial charge in [0.1, 0.15) is 0 Å². The molecule has 0 N–H and O–H groups in total. The van der Waals surface area contributed by atoms with Gasteiger partial charge in [0.2, 0.25) is 5.91 Å². The zero-order valence-electron chi connectivity index (χ0n) is 19.2. The van der Waals surface area contributed by atoms with E-state index in [1.165, 1.54) is 11.1 Å². The first kappa shape index (κ1) is 22.0. The van der Waals surface area contributed by atoms with Crippen molar-refractivity contribution in [3.63, 3.8) is 0 Å². The molecule has 0 radical (unpaired) electrons. The molecule has 0 unspecified atom stereocenters. The molecule has 6 nitrogen and oxygen atoms in total. The number of piperazine rings is 1. The van der Waals surface area contributed by atoms with Gasteiger partial charge in [-0.1, -0.05) is 35.9 Å². The number of benzene rings is 1. The first-order valence-corrected chi connectivity index (χ1v) is 11.2. The smallest absolute Gasteiger partial charge is 0.246 e. The van der Waals surface area contributed by atoms with E-state index < -0.39 is 0 Å². The molecule has 6 heteroatoms. The SMILES string of the molecule is Cc1ccc(Cn2nc(C)c(C=CC(=O)N3CCN(Cc4ccccn4)CC3)c2C)cc1. The van der Waals surface area contributed by atoms with E-state index in [4.69, 9.17) is 5.10 Å². The topological polar surface area (TPSA) is 54.3 Å². The number of aryl methyl sites for hydroxylation is 2. The van der Waals surface area contributed by atoms with E-state index >= 15 is 0 Å². The molecular weight excluding hydrogens is 398 g/mol. The zero-order chi connectivity index (χ0) is 22.5. The molecule has 32 heavy (non-hydrogen) atoms. The summed E-state index contributed by atoms with van der Waals surface area (Å²) in [6.45, 7) is 10.9. The number of nitrogens with zero attached hydrogens (tertiary/aromatic N) is 5. The molecule has 1 saturated heterocycles. The van der Waals surface area contributed by atoms with Gasteiger partial charge in [0.25, 0.3) is 0 Å². The molecular formula is C26H31N5O. The van der Waals surface area contributed by atoms with Gasteiger partial charge < -0.3 is 4.90 Å². The predicted molar refractivity (Wildman–Crippen MR) is 127 cm³/mol. The van der Waals surface area contributed by atoms with Crippen LogP contribution in [-0.4, -0.2) is 56.7 Å². The number of aromatic nitrogens is 3. The van der Waals surface area contributed by atoms with Crippen molar-refractivity contribution in [1.82, 2.24) is 24.6 Å². The Balaban J connectivity index is 1.34. The van der Waals surface area contributed by atoms with E-state index in [-0.39, 0.29) is 5.91 Å². The summed E-state index contributed by atoms with van der Waals surface area (Å²) in [6, 6.07) is 14.5. The molecule has 0 saturated carbocycles. The lowest BCUT2D eigenvalue weighted by Gasteiger charge is -2.34. The highest BCUT2D eigenvalue weighted by atomic mass is 16.2. The van der Waals surface area contributed by atoms with Gasteiger partial charge in [-0.15, -0.1) is 0 Å². The van der Waals surface area contributed by atoms with Crippen molar-refractivity contribution < 1.29 is 4.79 Å². The first-order valence-electron chi connectivity index (χ1n) is 11.2. The Kier molecular flexibility index (Phi) is 6.81. The molecule has 0 atom stereocenters. The van der Waals surface area contributed by atoms with E-state index in [1.54, 1.807) is 6.08 Å². The van der Waals surface area contributed by atoms with Crippen LogP contribution >= 0.6 is 0 Å². The fourth-order valence-corrected chi connectivity index (χ4v) is 4.08. The maximum Gasteiger partial charge on any atom is 0.246 e. The number of rotatable bonds is 6. The maximum absolute atomic E-state index is 12.8. The predicted octanol–water partition coefficient (Wildman–Crippen LogP) is 3.61. The molecule has 1 amide bonds. The summed E-state index contributed by atoms with van der Waals surface area (Å²) in [6.07, 6.45) is 5.44. The largest absolute Gasteiger partial charge is 0.337 e. The van der Waals surface area contributed by atoms with Gasteiger partial charge in [0.15, 0.2) is 0 Å². The van der Waals surface area contributed by atoms with Crippen molar-refractivity contribution in [2.75, 3.05) is 26.2 Å². The lowest BCUT2D eigenvalue weighted by atomic mass is 10.1. The van der Waals surface area contributed by atoms with Crippen LogP contribution in [0.25, 0.3) is 6.08 Å².